The van der Waals surface area contributed by atoms with Gasteiger partial charge in [-0.1, -0.05) is 30.3 Å². The van der Waals surface area contributed by atoms with E-state index >= 15 is 0 Å². The van der Waals surface area contributed by atoms with Crippen molar-refractivity contribution in [2.24, 2.45) is 0 Å². The zero-order valence-corrected chi connectivity index (χ0v) is 12.3. The van der Waals surface area contributed by atoms with E-state index in [0.717, 1.165) is 0 Å². The average molecular weight is 306 g/mol. The van der Waals surface area contributed by atoms with E-state index in [0.29, 0.717) is 16.7 Å². The summed E-state index contributed by atoms with van der Waals surface area (Å²) in [5.74, 6) is -0.567. The van der Waals surface area contributed by atoms with Crippen LogP contribution in [0.25, 0.3) is 0 Å². The van der Waals surface area contributed by atoms with Crippen molar-refractivity contribution in [3.8, 4) is 0 Å². The summed E-state index contributed by atoms with van der Waals surface area (Å²) in [5, 5.41) is 11.0. The predicted octanol–water partition coefficient (Wildman–Crippen LogP) is 2.55. The summed E-state index contributed by atoms with van der Waals surface area (Å²) in [7, 11) is -3.39. The third kappa shape index (κ3) is 2.17. The van der Waals surface area contributed by atoms with Crippen molar-refractivity contribution in [1.29, 1.82) is 0 Å². The molecule has 110 valence electrons. The number of hydrogen-bond acceptors (Lipinski definition) is 3. The lowest BCUT2D eigenvalue weighted by Gasteiger charge is -2.34. The van der Waals surface area contributed by atoms with Crippen molar-refractivity contribution in [3.63, 3.8) is 0 Å². The highest BCUT2D eigenvalue weighted by atomic mass is 32.2. The van der Waals surface area contributed by atoms with Gasteiger partial charge in [0.15, 0.2) is 9.84 Å². The first-order chi connectivity index (χ1) is 9.84. The van der Waals surface area contributed by atoms with Crippen molar-refractivity contribution in [2.45, 2.75) is 23.8 Å². The molecule has 0 bridgehead atoms. The minimum absolute atomic E-state index is 0.0227. The van der Waals surface area contributed by atoms with Crippen LogP contribution >= 0.6 is 0 Å². The lowest BCUT2D eigenvalue weighted by Crippen LogP contribution is -2.36. The summed E-state index contributed by atoms with van der Waals surface area (Å²) < 4.78 is 38.1. The van der Waals surface area contributed by atoms with E-state index in [1.54, 1.807) is 37.3 Å². The summed E-state index contributed by atoms with van der Waals surface area (Å²) in [6.45, 7) is 1.64. The summed E-state index contributed by atoms with van der Waals surface area (Å²) >= 11 is 0. The average Bonchev–Trinajstić information content (AvgIpc) is 2.47. The van der Waals surface area contributed by atoms with E-state index in [2.05, 4.69) is 0 Å². The first kappa shape index (κ1) is 14.2. The topological polar surface area (TPSA) is 54.4 Å². The summed E-state index contributed by atoms with van der Waals surface area (Å²) in [4.78, 5) is 0.125. The molecule has 0 radical (unpaired) electrons. The molecular weight excluding hydrogens is 291 g/mol. The number of aryl methyl sites for hydroxylation is 1. The molecule has 0 aliphatic carbocycles. The molecule has 0 saturated heterocycles. The maximum absolute atomic E-state index is 13.8. The monoisotopic (exact) mass is 306 g/mol. The van der Waals surface area contributed by atoms with Gasteiger partial charge in [0.05, 0.1) is 10.6 Å². The highest BCUT2D eigenvalue weighted by Gasteiger charge is 2.41. The predicted molar refractivity (Wildman–Crippen MR) is 77.2 cm³/mol. The van der Waals surface area contributed by atoms with Gasteiger partial charge >= 0.3 is 0 Å². The molecule has 1 N–H and O–H groups in total. The van der Waals surface area contributed by atoms with Crippen LogP contribution < -0.4 is 0 Å². The molecule has 1 aliphatic rings. The van der Waals surface area contributed by atoms with Crippen LogP contribution in [0.15, 0.2) is 47.4 Å². The van der Waals surface area contributed by atoms with Crippen LogP contribution in [0.2, 0.25) is 0 Å². The summed E-state index contributed by atoms with van der Waals surface area (Å²) in [6, 6.07) is 10.9. The highest BCUT2D eigenvalue weighted by molar-refractivity contribution is 7.91. The van der Waals surface area contributed by atoms with Gasteiger partial charge in [-0.25, -0.2) is 12.8 Å². The van der Waals surface area contributed by atoms with Crippen LogP contribution in [0.4, 0.5) is 4.39 Å². The molecule has 2 aromatic carbocycles. The molecule has 5 heteroatoms. The third-order valence-corrected chi connectivity index (χ3v) is 5.82. The van der Waals surface area contributed by atoms with E-state index in [-0.39, 0.29) is 17.1 Å². The lowest BCUT2D eigenvalue weighted by molar-refractivity contribution is 0.0714. The Morgan fingerprint density at radius 3 is 2.62 bits per heavy atom. The molecule has 0 spiro atoms. The third-order valence-electron chi connectivity index (χ3n) is 4.05. The Hall–Kier alpha value is -1.72. The lowest BCUT2D eigenvalue weighted by atomic mass is 9.83. The van der Waals surface area contributed by atoms with E-state index in [9.17, 15) is 17.9 Å². The Kier molecular flexibility index (Phi) is 3.15. The molecule has 0 fully saturated rings. The number of aliphatic hydroxyl groups is 1. The Balaban J connectivity index is 2.25. The Labute approximate surface area is 123 Å². The minimum atomic E-state index is -3.39. The number of halogens is 1. The Morgan fingerprint density at radius 2 is 1.90 bits per heavy atom. The molecule has 2 aromatic rings. The van der Waals surface area contributed by atoms with Crippen molar-refractivity contribution < 1.29 is 17.9 Å². The van der Waals surface area contributed by atoms with Crippen molar-refractivity contribution in [1.82, 2.24) is 0 Å². The van der Waals surface area contributed by atoms with Gasteiger partial charge in [-0.2, -0.15) is 0 Å². The number of fused-ring (bicyclic) bond motifs is 1. The van der Waals surface area contributed by atoms with Gasteiger partial charge in [0, 0.05) is 5.56 Å². The number of rotatable bonds is 1. The highest BCUT2D eigenvalue weighted by Crippen LogP contribution is 2.41. The fraction of sp³-hybridized carbons (Fsp3) is 0.250. The largest absolute Gasteiger partial charge is 0.380 e. The molecule has 0 amide bonds. The van der Waals surface area contributed by atoms with Gasteiger partial charge in [-0.15, -0.1) is 0 Å². The first-order valence-corrected chi connectivity index (χ1v) is 8.31. The van der Waals surface area contributed by atoms with Crippen LogP contribution in [0.5, 0.6) is 0 Å². The van der Waals surface area contributed by atoms with E-state index in [4.69, 9.17) is 0 Å². The van der Waals surface area contributed by atoms with E-state index in [1.807, 2.05) is 0 Å². The Bertz CT molecular complexity index is 814. The molecule has 3 rings (SSSR count). The van der Waals surface area contributed by atoms with Crippen LogP contribution in [0.3, 0.4) is 0 Å². The molecular formula is C16H15FO3S. The maximum Gasteiger partial charge on any atom is 0.178 e. The molecule has 21 heavy (non-hydrogen) atoms. The standard InChI is InChI=1S/C16H15FO3S/c1-11-6-7-12(10-14(11)17)16(18)8-9-21(19,20)15-5-3-2-4-13(15)16/h2-7,10,18H,8-9H2,1H3. The molecule has 1 heterocycles. The SMILES string of the molecule is Cc1ccc(C2(O)CCS(=O)(=O)c3ccccc32)cc1F. The molecule has 1 atom stereocenters. The smallest absolute Gasteiger partial charge is 0.178 e. The molecule has 1 unspecified atom stereocenters. The molecule has 1 aliphatic heterocycles. The number of hydrogen-bond donors (Lipinski definition) is 1. The van der Waals surface area contributed by atoms with Crippen LogP contribution in [0.1, 0.15) is 23.1 Å². The summed E-state index contributed by atoms with van der Waals surface area (Å²) in [5.41, 5.74) is -0.289. The van der Waals surface area contributed by atoms with Gasteiger partial charge < -0.3 is 5.11 Å². The zero-order valence-electron chi connectivity index (χ0n) is 11.5. The van der Waals surface area contributed by atoms with Crippen LogP contribution in [0, 0.1) is 12.7 Å². The minimum Gasteiger partial charge on any atom is -0.380 e. The maximum atomic E-state index is 13.8. The van der Waals surface area contributed by atoms with Crippen molar-refractivity contribution in [2.75, 3.05) is 5.75 Å². The Morgan fingerprint density at radius 1 is 1.19 bits per heavy atom. The van der Waals surface area contributed by atoms with Gasteiger partial charge in [0.2, 0.25) is 0 Å². The van der Waals surface area contributed by atoms with Gasteiger partial charge in [-0.05, 0) is 36.6 Å². The van der Waals surface area contributed by atoms with Crippen LogP contribution in [-0.2, 0) is 15.4 Å². The van der Waals surface area contributed by atoms with Crippen molar-refractivity contribution in [3.05, 3.63) is 65.0 Å². The summed E-state index contributed by atoms with van der Waals surface area (Å²) in [6.07, 6.45) is 0.0227. The molecule has 0 aromatic heterocycles. The van der Waals surface area contributed by atoms with Crippen LogP contribution in [-0.4, -0.2) is 19.3 Å². The first-order valence-electron chi connectivity index (χ1n) is 6.66. The number of benzene rings is 2. The normalized spacial score (nSPS) is 23.6. The second kappa shape index (κ2) is 4.64. The second-order valence-electron chi connectivity index (χ2n) is 5.39. The van der Waals surface area contributed by atoms with E-state index in [1.165, 1.54) is 12.1 Å². The van der Waals surface area contributed by atoms with Gasteiger partial charge in [-0.3, -0.25) is 0 Å². The fourth-order valence-electron chi connectivity index (χ4n) is 2.76. The number of sulfone groups is 1. The molecule has 3 nitrogen and oxygen atoms in total. The molecule has 0 saturated carbocycles. The zero-order chi connectivity index (χ0) is 15.3. The van der Waals surface area contributed by atoms with E-state index < -0.39 is 21.3 Å². The quantitative estimate of drug-likeness (QED) is 0.881. The van der Waals surface area contributed by atoms with Crippen molar-refractivity contribution >= 4 is 9.84 Å². The second-order valence-corrected chi connectivity index (χ2v) is 7.47. The van der Waals surface area contributed by atoms with Gasteiger partial charge in [0.25, 0.3) is 0 Å². The van der Waals surface area contributed by atoms with Gasteiger partial charge in [0.1, 0.15) is 11.4 Å². The fourth-order valence-corrected chi connectivity index (χ4v) is 4.40.